The van der Waals surface area contributed by atoms with E-state index in [0.717, 1.165) is 18.3 Å². The average Bonchev–Trinajstić information content (AvgIpc) is 2.21. The van der Waals surface area contributed by atoms with Gasteiger partial charge in [0.2, 0.25) is 0 Å². The highest BCUT2D eigenvalue weighted by Crippen LogP contribution is 2.31. The summed E-state index contributed by atoms with van der Waals surface area (Å²) in [6, 6.07) is 1.15. The van der Waals surface area contributed by atoms with E-state index in [4.69, 9.17) is 5.11 Å². The van der Waals surface area contributed by atoms with Gasteiger partial charge < -0.3 is 10.4 Å². The molecule has 0 saturated heterocycles. The molecule has 0 heterocycles. The molecule has 4 atom stereocenters. The van der Waals surface area contributed by atoms with E-state index in [1.807, 2.05) is 0 Å². The van der Waals surface area contributed by atoms with E-state index in [0.29, 0.717) is 18.7 Å². The Morgan fingerprint density at radius 3 is 2.73 bits per heavy atom. The standard InChI is InChI=1S/C13H27NO/c1-4-12-9-10(2)5-6-13(12)14-11(3)7-8-15/h10-15H,4-9H2,1-3H3/t10?,11-,12?,13?/m1/s1. The molecule has 1 rings (SSSR count). The fourth-order valence-corrected chi connectivity index (χ4v) is 2.81. The Morgan fingerprint density at radius 1 is 1.40 bits per heavy atom. The second kappa shape index (κ2) is 6.49. The van der Waals surface area contributed by atoms with Crippen LogP contribution in [0.2, 0.25) is 0 Å². The molecule has 1 aliphatic carbocycles. The van der Waals surface area contributed by atoms with E-state index in [1.54, 1.807) is 0 Å². The summed E-state index contributed by atoms with van der Waals surface area (Å²) in [5, 5.41) is 12.6. The van der Waals surface area contributed by atoms with Gasteiger partial charge >= 0.3 is 0 Å². The predicted molar refractivity (Wildman–Crippen MR) is 64.9 cm³/mol. The first-order valence-corrected chi connectivity index (χ1v) is 6.54. The minimum Gasteiger partial charge on any atom is -0.396 e. The van der Waals surface area contributed by atoms with Crippen molar-refractivity contribution >= 4 is 0 Å². The Morgan fingerprint density at radius 2 is 2.13 bits per heavy atom. The van der Waals surface area contributed by atoms with Crippen molar-refractivity contribution in [1.82, 2.24) is 5.32 Å². The second-order valence-electron chi connectivity index (χ2n) is 5.27. The first-order chi connectivity index (χ1) is 7.17. The maximum absolute atomic E-state index is 8.89. The smallest absolute Gasteiger partial charge is 0.0445 e. The van der Waals surface area contributed by atoms with Crippen molar-refractivity contribution in [2.75, 3.05) is 6.61 Å². The normalized spacial score (nSPS) is 34.0. The van der Waals surface area contributed by atoms with E-state index in [9.17, 15) is 0 Å². The fourth-order valence-electron chi connectivity index (χ4n) is 2.81. The van der Waals surface area contributed by atoms with Gasteiger partial charge in [-0.05, 0) is 44.4 Å². The third-order valence-corrected chi connectivity index (χ3v) is 3.83. The number of aliphatic hydroxyl groups excluding tert-OH is 1. The molecule has 0 aliphatic heterocycles. The lowest BCUT2D eigenvalue weighted by Crippen LogP contribution is -2.44. The Hall–Kier alpha value is -0.0800. The average molecular weight is 213 g/mol. The van der Waals surface area contributed by atoms with Crippen molar-refractivity contribution in [3.05, 3.63) is 0 Å². The zero-order chi connectivity index (χ0) is 11.3. The summed E-state index contributed by atoms with van der Waals surface area (Å²) in [5.74, 6) is 1.75. The van der Waals surface area contributed by atoms with Crippen LogP contribution in [0.5, 0.6) is 0 Å². The van der Waals surface area contributed by atoms with Crippen LogP contribution >= 0.6 is 0 Å². The minimum atomic E-state index is 0.300. The van der Waals surface area contributed by atoms with Gasteiger partial charge in [-0.3, -0.25) is 0 Å². The number of hydrogen-bond acceptors (Lipinski definition) is 2. The fraction of sp³-hybridized carbons (Fsp3) is 1.00. The summed E-state index contributed by atoms with van der Waals surface area (Å²) in [4.78, 5) is 0. The first kappa shape index (κ1) is 13.0. The van der Waals surface area contributed by atoms with Gasteiger partial charge in [-0.15, -0.1) is 0 Å². The van der Waals surface area contributed by atoms with Gasteiger partial charge in [-0.2, -0.15) is 0 Å². The first-order valence-electron chi connectivity index (χ1n) is 6.54. The van der Waals surface area contributed by atoms with Crippen LogP contribution in [0.3, 0.4) is 0 Å². The van der Waals surface area contributed by atoms with E-state index in [2.05, 4.69) is 26.1 Å². The SMILES string of the molecule is CCC1CC(C)CCC1N[C@H](C)CCO. The molecule has 2 heteroatoms. The molecule has 2 nitrogen and oxygen atoms in total. The summed E-state index contributed by atoms with van der Waals surface area (Å²) in [6.07, 6.45) is 6.21. The molecule has 0 bridgehead atoms. The Balaban J connectivity index is 2.38. The van der Waals surface area contributed by atoms with Gasteiger partial charge in [-0.25, -0.2) is 0 Å². The third kappa shape index (κ3) is 4.12. The van der Waals surface area contributed by atoms with Crippen LogP contribution in [-0.2, 0) is 0 Å². The maximum atomic E-state index is 8.89. The second-order valence-corrected chi connectivity index (χ2v) is 5.27. The largest absolute Gasteiger partial charge is 0.396 e. The van der Waals surface area contributed by atoms with Crippen molar-refractivity contribution < 1.29 is 5.11 Å². The molecule has 0 aromatic heterocycles. The van der Waals surface area contributed by atoms with Crippen LogP contribution in [0.1, 0.15) is 52.9 Å². The van der Waals surface area contributed by atoms with Crippen LogP contribution in [0.15, 0.2) is 0 Å². The van der Waals surface area contributed by atoms with Crippen LogP contribution in [0.25, 0.3) is 0 Å². The van der Waals surface area contributed by atoms with Crippen molar-refractivity contribution in [3.63, 3.8) is 0 Å². The molecule has 90 valence electrons. The molecule has 0 aromatic rings. The van der Waals surface area contributed by atoms with Crippen molar-refractivity contribution in [2.45, 2.75) is 65.0 Å². The van der Waals surface area contributed by atoms with Gasteiger partial charge in [0, 0.05) is 18.7 Å². The Labute approximate surface area is 94.5 Å². The van der Waals surface area contributed by atoms with Crippen molar-refractivity contribution in [3.8, 4) is 0 Å². The van der Waals surface area contributed by atoms with Gasteiger partial charge in [0.05, 0.1) is 0 Å². The molecule has 0 amide bonds. The van der Waals surface area contributed by atoms with Crippen molar-refractivity contribution in [2.24, 2.45) is 11.8 Å². The minimum absolute atomic E-state index is 0.300. The lowest BCUT2D eigenvalue weighted by atomic mass is 9.77. The molecule has 2 N–H and O–H groups in total. The highest BCUT2D eigenvalue weighted by molar-refractivity contribution is 4.84. The summed E-state index contributed by atoms with van der Waals surface area (Å²) >= 11 is 0. The van der Waals surface area contributed by atoms with Crippen LogP contribution < -0.4 is 5.32 Å². The lowest BCUT2D eigenvalue weighted by Gasteiger charge is -2.36. The van der Waals surface area contributed by atoms with Gasteiger partial charge in [0.15, 0.2) is 0 Å². The molecular formula is C13H27NO. The highest BCUT2D eigenvalue weighted by Gasteiger charge is 2.27. The molecule has 15 heavy (non-hydrogen) atoms. The highest BCUT2D eigenvalue weighted by atomic mass is 16.3. The zero-order valence-electron chi connectivity index (χ0n) is 10.5. The summed E-state index contributed by atoms with van der Waals surface area (Å²) < 4.78 is 0. The van der Waals surface area contributed by atoms with E-state index >= 15 is 0 Å². The molecule has 1 saturated carbocycles. The topological polar surface area (TPSA) is 32.3 Å². The van der Waals surface area contributed by atoms with Gasteiger partial charge in [0.1, 0.15) is 0 Å². The summed E-state index contributed by atoms with van der Waals surface area (Å²) in [7, 11) is 0. The molecular weight excluding hydrogens is 186 g/mol. The van der Waals surface area contributed by atoms with Gasteiger partial charge in [0.25, 0.3) is 0 Å². The molecule has 1 fully saturated rings. The van der Waals surface area contributed by atoms with Crippen LogP contribution in [0, 0.1) is 11.8 Å². The summed E-state index contributed by atoms with van der Waals surface area (Å²) in [6.45, 7) is 7.15. The lowest BCUT2D eigenvalue weighted by molar-refractivity contribution is 0.185. The summed E-state index contributed by atoms with van der Waals surface area (Å²) in [5.41, 5.74) is 0. The number of rotatable bonds is 5. The monoisotopic (exact) mass is 213 g/mol. The molecule has 3 unspecified atom stereocenters. The number of nitrogens with one attached hydrogen (secondary N) is 1. The number of aliphatic hydroxyl groups is 1. The van der Waals surface area contributed by atoms with E-state index < -0.39 is 0 Å². The van der Waals surface area contributed by atoms with E-state index in [1.165, 1.54) is 25.7 Å². The van der Waals surface area contributed by atoms with Crippen LogP contribution in [0.4, 0.5) is 0 Å². The Bertz CT molecular complexity index is 172. The molecule has 0 spiro atoms. The van der Waals surface area contributed by atoms with E-state index in [-0.39, 0.29) is 0 Å². The number of hydrogen-bond donors (Lipinski definition) is 2. The zero-order valence-corrected chi connectivity index (χ0v) is 10.5. The maximum Gasteiger partial charge on any atom is 0.0445 e. The quantitative estimate of drug-likeness (QED) is 0.735. The van der Waals surface area contributed by atoms with Gasteiger partial charge in [-0.1, -0.05) is 20.3 Å². The molecule has 0 aromatic carbocycles. The molecule has 0 radical (unpaired) electrons. The third-order valence-electron chi connectivity index (χ3n) is 3.83. The predicted octanol–water partition coefficient (Wildman–Crippen LogP) is 2.56. The molecule has 1 aliphatic rings. The van der Waals surface area contributed by atoms with Crippen molar-refractivity contribution in [1.29, 1.82) is 0 Å². The van der Waals surface area contributed by atoms with Crippen LogP contribution in [-0.4, -0.2) is 23.8 Å². The Kier molecular flexibility index (Phi) is 5.62.